The average Bonchev–Trinajstić information content (AvgIpc) is 2.48. The van der Waals surface area contributed by atoms with E-state index in [1.165, 1.54) is 31.2 Å². The molecular formula is C16H22FNO3S. The Morgan fingerprint density at radius 3 is 2.36 bits per heavy atom. The fourth-order valence-electron chi connectivity index (χ4n) is 2.58. The third kappa shape index (κ3) is 4.06. The van der Waals surface area contributed by atoms with Crippen molar-refractivity contribution >= 4 is 15.7 Å². The second-order valence-electron chi connectivity index (χ2n) is 6.08. The van der Waals surface area contributed by atoms with Crippen LogP contribution in [0, 0.1) is 11.7 Å². The van der Waals surface area contributed by atoms with E-state index in [-0.39, 0.29) is 11.7 Å². The summed E-state index contributed by atoms with van der Waals surface area (Å²) in [5.41, 5.74) is 0.494. The molecular weight excluding hydrogens is 305 g/mol. The molecule has 1 aromatic carbocycles. The van der Waals surface area contributed by atoms with Crippen LogP contribution in [0.15, 0.2) is 24.3 Å². The first-order valence-corrected chi connectivity index (χ1v) is 9.26. The molecule has 1 aliphatic rings. The standard InChI is InChI=1S/C16H22FNO3S/c1-12-7-9-18(10-8-12)16(19)13(2)22(20,21)11-14-3-5-15(17)6-4-14/h3-6,12-13H,7-11H2,1-2H3. The number of piperidine rings is 1. The number of carbonyl (C=O) groups excluding carboxylic acids is 1. The SMILES string of the molecule is CC1CCN(C(=O)C(C)S(=O)(=O)Cc2ccc(F)cc2)CC1. The van der Waals surface area contributed by atoms with E-state index in [1.807, 2.05) is 0 Å². The van der Waals surface area contributed by atoms with Crippen LogP contribution in [0.4, 0.5) is 4.39 Å². The van der Waals surface area contributed by atoms with Crippen LogP contribution in [-0.4, -0.2) is 37.6 Å². The second kappa shape index (κ2) is 6.77. The van der Waals surface area contributed by atoms with Crippen molar-refractivity contribution in [2.24, 2.45) is 5.92 Å². The number of hydrogen-bond acceptors (Lipinski definition) is 3. The van der Waals surface area contributed by atoms with E-state index in [1.54, 1.807) is 4.90 Å². The quantitative estimate of drug-likeness (QED) is 0.853. The molecule has 1 aliphatic heterocycles. The Labute approximate surface area is 131 Å². The van der Waals surface area contributed by atoms with Gasteiger partial charge in [0.2, 0.25) is 5.91 Å². The summed E-state index contributed by atoms with van der Waals surface area (Å²) in [6, 6.07) is 5.33. The lowest BCUT2D eigenvalue weighted by Crippen LogP contribution is -2.45. The van der Waals surface area contributed by atoms with Crippen molar-refractivity contribution in [2.45, 2.75) is 37.7 Å². The van der Waals surface area contributed by atoms with Crippen molar-refractivity contribution in [1.29, 1.82) is 0 Å². The van der Waals surface area contributed by atoms with Gasteiger partial charge in [-0.05, 0) is 43.4 Å². The van der Waals surface area contributed by atoms with E-state index in [4.69, 9.17) is 0 Å². The Morgan fingerprint density at radius 2 is 1.82 bits per heavy atom. The third-order valence-corrected chi connectivity index (χ3v) is 6.28. The van der Waals surface area contributed by atoms with Gasteiger partial charge in [-0.2, -0.15) is 0 Å². The molecule has 4 nitrogen and oxygen atoms in total. The molecule has 22 heavy (non-hydrogen) atoms. The molecule has 1 heterocycles. The van der Waals surface area contributed by atoms with E-state index in [2.05, 4.69) is 6.92 Å². The van der Waals surface area contributed by atoms with Gasteiger partial charge in [-0.1, -0.05) is 19.1 Å². The summed E-state index contributed by atoms with van der Waals surface area (Å²) in [6.07, 6.45) is 1.83. The summed E-state index contributed by atoms with van der Waals surface area (Å²) < 4.78 is 37.7. The minimum Gasteiger partial charge on any atom is -0.342 e. The van der Waals surface area contributed by atoms with Crippen LogP contribution in [0.1, 0.15) is 32.3 Å². The second-order valence-corrected chi connectivity index (χ2v) is 8.41. The summed E-state index contributed by atoms with van der Waals surface area (Å²) in [5.74, 6) is -0.401. The molecule has 1 fully saturated rings. The summed E-state index contributed by atoms with van der Waals surface area (Å²) in [4.78, 5) is 14.0. The Balaban J connectivity index is 2.04. The zero-order chi connectivity index (χ0) is 16.3. The topological polar surface area (TPSA) is 54.5 Å². The van der Waals surface area contributed by atoms with Gasteiger partial charge in [0.1, 0.15) is 11.1 Å². The number of likely N-dealkylation sites (tertiary alicyclic amines) is 1. The molecule has 0 saturated carbocycles. The lowest BCUT2D eigenvalue weighted by atomic mass is 9.99. The molecule has 0 aliphatic carbocycles. The molecule has 0 bridgehead atoms. The van der Waals surface area contributed by atoms with Gasteiger partial charge in [-0.25, -0.2) is 12.8 Å². The molecule has 1 atom stereocenters. The molecule has 1 aromatic rings. The minimum atomic E-state index is -3.60. The van der Waals surface area contributed by atoms with Crippen LogP contribution < -0.4 is 0 Å². The highest BCUT2D eigenvalue weighted by atomic mass is 32.2. The minimum absolute atomic E-state index is 0.246. The van der Waals surface area contributed by atoms with Crippen molar-refractivity contribution in [3.8, 4) is 0 Å². The largest absolute Gasteiger partial charge is 0.342 e. The predicted molar refractivity (Wildman–Crippen MR) is 83.5 cm³/mol. The van der Waals surface area contributed by atoms with Gasteiger partial charge in [0.25, 0.3) is 0 Å². The van der Waals surface area contributed by atoms with E-state index in [9.17, 15) is 17.6 Å². The summed E-state index contributed by atoms with van der Waals surface area (Å²) >= 11 is 0. The molecule has 6 heteroatoms. The van der Waals surface area contributed by atoms with E-state index in [0.717, 1.165) is 12.8 Å². The van der Waals surface area contributed by atoms with Crippen molar-refractivity contribution in [1.82, 2.24) is 4.90 Å². The number of nitrogens with zero attached hydrogens (tertiary/aromatic N) is 1. The third-order valence-electron chi connectivity index (χ3n) is 4.26. The first kappa shape index (κ1) is 16.9. The molecule has 0 N–H and O–H groups in total. The Kier molecular flexibility index (Phi) is 5.21. The number of rotatable bonds is 4. The zero-order valence-electron chi connectivity index (χ0n) is 13.0. The van der Waals surface area contributed by atoms with Gasteiger partial charge < -0.3 is 4.90 Å². The molecule has 1 unspecified atom stereocenters. The Bertz CT molecular complexity index is 619. The van der Waals surface area contributed by atoms with Crippen LogP contribution >= 0.6 is 0 Å². The Hall–Kier alpha value is -1.43. The summed E-state index contributed by atoms with van der Waals surface area (Å²) in [6.45, 7) is 4.82. The van der Waals surface area contributed by atoms with Gasteiger partial charge in [0, 0.05) is 13.1 Å². The molecule has 0 aromatic heterocycles. The van der Waals surface area contributed by atoms with Crippen molar-refractivity contribution in [3.05, 3.63) is 35.6 Å². The first-order valence-electron chi connectivity index (χ1n) is 7.54. The van der Waals surface area contributed by atoms with Gasteiger partial charge in [0.05, 0.1) is 5.75 Å². The van der Waals surface area contributed by atoms with Gasteiger partial charge in [0.15, 0.2) is 9.84 Å². The van der Waals surface area contributed by atoms with Crippen molar-refractivity contribution < 1.29 is 17.6 Å². The lowest BCUT2D eigenvalue weighted by Gasteiger charge is -2.32. The lowest BCUT2D eigenvalue weighted by molar-refractivity contribution is -0.131. The highest BCUT2D eigenvalue weighted by Gasteiger charge is 2.32. The van der Waals surface area contributed by atoms with Crippen molar-refractivity contribution in [2.75, 3.05) is 13.1 Å². The maximum Gasteiger partial charge on any atom is 0.240 e. The van der Waals surface area contributed by atoms with Crippen LogP contribution in [0.2, 0.25) is 0 Å². The molecule has 1 saturated heterocycles. The summed E-state index contributed by atoms with van der Waals surface area (Å²) in [5, 5.41) is -1.06. The smallest absolute Gasteiger partial charge is 0.240 e. The Morgan fingerprint density at radius 1 is 1.27 bits per heavy atom. The molecule has 122 valence electrons. The van der Waals surface area contributed by atoms with Gasteiger partial charge in [-0.15, -0.1) is 0 Å². The fraction of sp³-hybridized carbons (Fsp3) is 0.562. The highest BCUT2D eigenvalue weighted by molar-refractivity contribution is 7.92. The number of benzene rings is 1. The number of carbonyl (C=O) groups is 1. The molecule has 1 amide bonds. The van der Waals surface area contributed by atoms with Crippen LogP contribution in [-0.2, 0) is 20.4 Å². The van der Waals surface area contributed by atoms with Crippen LogP contribution in [0.3, 0.4) is 0 Å². The molecule has 0 spiro atoms. The van der Waals surface area contributed by atoms with Crippen LogP contribution in [0.5, 0.6) is 0 Å². The van der Waals surface area contributed by atoms with E-state index < -0.39 is 20.9 Å². The van der Waals surface area contributed by atoms with E-state index in [0.29, 0.717) is 24.6 Å². The molecule has 2 rings (SSSR count). The fourth-order valence-corrected chi connectivity index (χ4v) is 3.94. The van der Waals surface area contributed by atoms with Gasteiger partial charge in [-0.3, -0.25) is 4.79 Å². The number of hydrogen-bond donors (Lipinski definition) is 0. The number of halogens is 1. The monoisotopic (exact) mass is 327 g/mol. The van der Waals surface area contributed by atoms with Crippen LogP contribution in [0.25, 0.3) is 0 Å². The normalized spacial score (nSPS) is 18.2. The van der Waals surface area contributed by atoms with Crippen molar-refractivity contribution in [3.63, 3.8) is 0 Å². The summed E-state index contributed by atoms with van der Waals surface area (Å²) in [7, 11) is -3.60. The predicted octanol–water partition coefficient (Wildman–Crippen LogP) is 2.39. The maximum atomic E-state index is 12.9. The van der Waals surface area contributed by atoms with Gasteiger partial charge >= 0.3 is 0 Å². The average molecular weight is 327 g/mol. The highest BCUT2D eigenvalue weighted by Crippen LogP contribution is 2.19. The molecule has 0 radical (unpaired) electrons. The van der Waals surface area contributed by atoms with E-state index >= 15 is 0 Å². The first-order chi connectivity index (χ1) is 10.3. The maximum absolute atomic E-state index is 12.9. The number of amides is 1. The zero-order valence-corrected chi connectivity index (χ0v) is 13.8. The number of sulfone groups is 1.